The molecule has 3 heteroatoms. The Labute approximate surface area is 118 Å². The van der Waals surface area contributed by atoms with Crippen molar-refractivity contribution in [2.45, 2.75) is 26.8 Å². The number of ether oxygens (including phenoxy) is 1. The van der Waals surface area contributed by atoms with Crippen molar-refractivity contribution >= 4 is 0 Å². The molecule has 19 heavy (non-hydrogen) atoms. The molecule has 0 fully saturated rings. The first-order valence-electron chi connectivity index (χ1n) is 7.19. The van der Waals surface area contributed by atoms with Crippen molar-refractivity contribution in [3.8, 4) is 5.75 Å². The zero-order chi connectivity index (χ0) is 14.3. The Bertz CT molecular complexity index is 364. The van der Waals surface area contributed by atoms with E-state index in [2.05, 4.69) is 49.8 Å². The maximum atomic E-state index is 5.45. The summed E-state index contributed by atoms with van der Waals surface area (Å²) in [6.45, 7) is 11.1. The van der Waals surface area contributed by atoms with Crippen LogP contribution in [0.25, 0.3) is 0 Å². The molecule has 0 amide bonds. The summed E-state index contributed by atoms with van der Waals surface area (Å²) < 4.78 is 5.45. The number of hydrogen-bond donors (Lipinski definition) is 0. The van der Waals surface area contributed by atoms with Gasteiger partial charge in [0.15, 0.2) is 0 Å². The van der Waals surface area contributed by atoms with Gasteiger partial charge in [-0.15, -0.1) is 0 Å². The normalized spacial score (nSPS) is 13.0. The highest BCUT2D eigenvalue weighted by molar-refractivity contribution is 5.35. The molecule has 1 atom stereocenters. The molecule has 1 aromatic carbocycles. The molecule has 108 valence electrons. The van der Waals surface area contributed by atoms with Crippen LogP contribution in [0.3, 0.4) is 0 Å². The van der Waals surface area contributed by atoms with Gasteiger partial charge in [0.1, 0.15) is 5.75 Å². The topological polar surface area (TPSA) is 15.7 Å². The summed E-state index contributed by atoms with van der Waals surface area (Å²) in [5.41, 5.74) is 1.26. The highest BCUT2D eigenvalue weighted by Gasteiger charge is 2.15. The van der Waals surface area contributed by atoms with Crippen LogP contribution in [-0.2, 0) is 0 Å². The second kappa shape index (κ2) is 8.18. The van der Waals surface area contributed by atoms with Gasteiger partial charge in [0.2, 0.25) is 0 Å². The number of rotatable bonds is 8. The molecule has 1 rings (SSSR count). The fraction of sp³-hybridized carbons (Fsp3) is 0.625. The van der Waals surface area contributed by atoms with Gasteiger partial charge in [-0.3, -0.25) is 4.90 Å². The van der Waals surface area contributed by atoms with E-state index in [0.717, 1.165) is 31.9 Å². The van der Waals surface area contributed by atoms with Gasteiger partial charge in [0.05, 0.1) is 7.11 Å². The van der Waals surface area contributed by atoms with E-state index in [4.69, 9.17) is 4.74 Å². The Kier molecular flexibility index (Phi) is 6.89. The van der Waals surface area contributed by atoms with Crippen molar-refractivity contribution < 1.29 is 4.74 Å². The third-order valence-electron chi connectivity index (χ3n) is 3.91. The van der Waals surface area contributed by atoms with Gasteiger partial charge in [-0.25, -0.2) is 0 Å². The third kappa shape index (κ3) is 4.51. The Morgan fingerprint density at radius 1 is 1.11 bits per heavy atom. The Morgan fingerprint density at radius 3 is 2.32 bits per heavy atom. The molecule has 0 heterocycles. The van der Waals surface area contributed by atoms with E-state index >= 15 is 0 Å². The molecule has 0 aliphatic rings. The second-order valence-electron chi connectivity index (χ2n) is 4.93. The van der Waals surface area contributed by atoms with E-state index in [1.54, 1.807) is 7.11 Å². The predicted molar refractivity (Wildman–Crippen MR) is 81.8 cm³/mol. The maximum Gasteiger partial charge on any atom is 0.123 e. The molecule has 0 aliphatic carbocycles. The van der Waals surface area contributed by atoms with Gasteiger partial charge in [0.25, 0.3) is 0 Å². The summed E-state index contributed by atoms with van der Waals surface area (Å²) in [6.07, 6.45) is 0. The number of benzene rings is 1. The van der Waals surface area contributed by atoms with E-state index in [9.17, 15) is 0 Å². The minimum absolute atomic E-state index is 0.367. The maximum absolute atomic E-state index is 5.45. The average molecular weight is 264 g/mol. The average Bonchev–Trinajstić information content (AvgIpc) is 2.47. The first-order valence-corrected chi connectivity index (χ1v) is 7.19. The van der Waals surface area contributed by atoms with Crippen LogP contribution in [0.15, 0.2) is 24.3 Å². The first-order chi connectivity index (χ1) is 9.13. The van der Waals surface area contributed by atoms with E-state index < -0.39 is 0 Å². The zero-order valence-corrected chi connectivity index (χ0v) is 13.0. The molecule has 1 aromatic rings. The van der Waals surface area contributed by atoms with E-state index in [0.29, 0.717) is 6.04 Å². The van der Waals surface area contributed by atoms with E-state index in [-0.39, 0.29) is 0 Å². The molecule has 0 bridgehead atoms. The molecule has 3 nitrogen and oxygen atoms in total. The van der Waals surface area contributed by atoms with Gasteiger partial charge < -0.3 is 9.64 Å². The van der Waals surface area contributed by atoms with Gasteiger partial charge >= 0.3 is 0 Å². The zero-order valence-electron chi connectivity index (χ0n) is 13.0. The fourth-order valence-corrected chi connectivity index (χ4v) is 2.28. The summed E-state index contributed by atoms with van der Waals surface area (Å²) in [4.78, 5) is 4.83. The molecule has 0 aliphatic heterocycles. The number of hydrogen-bond acceptors (Lipinski definition) is 3. The third-order valence-corrected chi connectivity index (χ3v) is 3.91. The van der Waals surface area contributed by atoms with E-state index in [1.807, 2.05) is 12.1 Å². The molecule has 0 saturated heterocycles. The van der Waals surface area contributed by atoms with Crippen LogP contribution in [-0.4, -0.2) is 50.1 Å². The number of para-hydroxylation sites is 1. The second-order valence-corrected chi connectivity index (χ2v) is 4.93. The van der Waals surface area contributed by atoms with Crippen LogP contribution in [0.5, 0.6) is 5.75 Å². The van der Waals surface area contributed by atoms with E-state index in [1.165, 1.54) is 5.56 Å². The van der Waals surface area contributed by atoms with Gasteiger partial charge in [-0.05, 0) is 33.1 Å². The standard InChI is InChI=1S/C16H28N2O/c1-6-18(7-2)13-12-17(4)14(3)15-10-8-9-11-16(15)19-5/h8-11,14H,6-7,12-13H2,1-5H3/t14-/m0/s1. The summed E-state index contributed by atoms with van der Waals surface area (Å²) in [5.74, 6) is 0.977. The summed E-state index contributed by atoms with van der Waals surface area (Å²) in [7, 11) is 3.92. The van der Waals surface area contributed by atoms with Crippen LogP contribution in [0, 0.1) is 0 Å². The number of likely N-dealkylation sites (N-methyl/N-ethyl adjacent to an activating group) is 2. The van der Waals surface area contributed by atoms with Crippen LogP contribution in [0.2, 0.25) is 0 Å². The molecule has 0 aromatic heterocycles. The lowest BCUT2D eigenvalue weighted by molar-refractivity contribution is 0.204. The smallest absolute Gasteiger partial charge is 0.123 e. The lowest BCUT2D eigenvalue weighted by Crippen LogP contribution is -2.34. The first kappa shape index (κ1) is 16.0. The van der Waals surface area contributed by atoms with Crippen molar-refractivity contribution in [2.75, 3.05) is 40.3 Å². The summed E-state index contributed by atoms with van der Waals surface area (Å²) >= 11 is 0. The number of nitrogens with zero attached hydrogens (tertiary/aromatic N) is 2. The van der Waals surface area contributed by atoms with Crippen molar-refractivity contribution in [2.24, 2.45) is 0 Å². The van der Waals surface area contributed by atoms with Crippen molar-refractivity contribution in [3.63, 3.8) is 0 Å². The summed E-state index contributed by atoms with van der Waals surface area (Å²) in [6, 6.07) is 8.64. The lowest BCUT2D eigenvalue weighted by atomic mass is 10.1. The molecule has 0 unspecified atom stereocenters. The highest BCUT2D eigenvalue weighted by atomic mass is 16.5. The van der Waals surface area contributed by atoms with Crippen LogP contribution < -0.4 is 4.74 Å². The Hall–Kier alpha value is -1.06. The molecule has 0 spiro atoms. The fourth-order valence-electron chi connectivity index (χ4n) is 2.28. The van der Waals surface area contributed by atoms with Crippen molar-refractivity contribution in [1.29, 1.82) is 0 Å². The van der Waals surface area contributed by atoms with Gasteiger partial charge in [-0.1, -0.05) is 32.0 Å². The highest BCUT2D eigenvalue weighted by Crippen LogP contribution is 2.27. The van der Waals surface area contributed by atoms with Gasteiger partial charge in [0, 0.05) is 24.7 Å². The molecule has 0 radical (unpaired) electrons. The van der Waals surface area contributed by atoms with Crippen LogP contribution in [0.4, 0.5) is 0 Å². The SMILES string of the molecule is CCN(CC)CCN(C)[C@@H](C)c1ccccc1OC. The van der Waals surface area contributed by atoms with Crippen molar-refractivity contribution in [1.82, 2.24) is 9.80 Å². The number of methoxy groups -OCH3 is 1. The molecular weight excluding hydrogens is 236 g/mol. The quantitative estimate of drug-likeness (QED) is 0.718. The van der Waals surface area contributed by atoms with Crippen molar-refractivity contribution in [3.05, 3.63) is 29.8 Å². The molecule has 0 saturated carbocycles. The monoisotopic (exact) mass is 264 g/mol. The minimum Gasteiger partial charge on any atom is -0.496 e. The Morgan fingerprint density at radius 2 is 1.74 bits per heavy atom. The minimum atomic E-state index is 0.367. The predicted octanol–water partition coefficient (Wildman–Crippen LogP) is 3.03. The molecular formula is C16H28N2O. The summed E-state index contributed by atoms with van der Waals surface area (Å²) in [5, 5.41) is 0. The van der Waals surface area contributed by atoms with Gasteiger partial charge in [-0.2, -0.15) is 0 Å². The Balaban J connectivity index is 2.63. The largest absolute Gasteiger partial charge is 0.496 e. The van der Waals surface area contributed by atoms with Crippen LogP contribution >= 0.6 is 0 Å². The molecule has 0 N–H and O–H groups in total. The lowest BCUT2D eigenvalue weighted by Gasteiger charge is -2.28. The van der Waals surface area contributed by atoms with Crippen LogP contribution in [0.1, 0.15) is 32.4 Å².